The summed E-state index contributed by atoms with van der Waals surface area (Å²) in [5, 5.41) is 2.46. The molecule has 0 spiro atoms. The van der Waals surface area contributed by atoms with E-state index in [0.29, 0.717) is 36.6 Å². The highest BCUT2D eigenvalue weighted by atomic mass is 19.4. The Labute approximate surface area is 169 Å². The molecule has 1 saturated heterocycles. The number of nitrogens with one attached hydrogen (secondary N) is 1. The highest BCUT2D eigenvalue weighted by Gasteiger charge is 2.37. The lowest BCUT2D eigenvalue weighted by atomic mass is 10.0. The maximum absolute atomic E-state index is 13.1. The highest BCUT2D eigenvalue weighted by Crippen LogP contribution is 2.36. The van der Waals surface area contributed by atoms with E-state index in [1.54, 1.807) is 24.3 Å². The van der Waals surface area contributed by atoms with Crippen LogP contribution in [0.4, 0.5) is 37.7 Å². The van der Waals surface area contributed by atoms with Crippen LogP contribution >= 0.6 is 0 Å². The number of amides is 1. The molecule has 0 aliphatic carbocycles. The first kappa shape index (κ1) is 21.9. The van der Waals surface area contributed by atoms with Crippen molar-refractivity contribution >= 4 is 17.3 Å². The molecule has 1 fully saturated rings. The van der Waals surface area contributed by atoms with Gasteiger partial charge in [0.2, 0.25) is 0 Å². The SMILES string of the molecule is CN1CCN(c2ccccc2NC(=O)c2cc(C(F)(F)F)cc(C(F)(F)F)c2)CC1. The molecule has 3 rings (SSSR count). The fourth-order valence-electron chi connectivity index (χ4n) is 3.18. The van der Waals surface area contributed by atoms with Gasteiger partial charge in [-0.15, -0.1) is 0 Å². The smallest absolute Gasteiger partial charge is 0.367 e. The summed E-state index contributed by atoms with van der Waals surface area (Å²) in [5.74, 6) is -1.05. The number of alkyl halides is 6. The minimum Gasteiger partial charge on any atom is -0.367 e. The van der Waals surface area contributed by atoms with Crippen LogP contribution in [0.25, 0.3) is 0 Å². The summed E-state index contributed by atoms with van der Waals surface area (Å²) in [6, 6.07) is 7.51. The van der Waals surface area contributed by atoms with Crippen molar-refractivity contribution in [1.29, 1.82) is 0 Å². The molecule has 1 aliphatic heterocycles. The molecule has 1 aliphatic rings. The fourth-order valence-corrected chi connectivity index (χ4v) is 3.18. The van der Waals surface area contributed by atoms with Gasteiger partial charge in [0.05, 0.1) is 22.5 Å². The maximum Gasteiger partial charge on any atom is 0.416 e. The molecule has 0 unspecified atom stereocenters. The predicted molar refractivity (Wildman–Crippen MR) is 101 cm³/mol. The third-order valence-corrected chi connectivity index (χ3v) is 4.85. The van der Waals surface area contributed by atoms with Gasteiger partial charge in [0.15, 0.2) is 0 Å². The number of likely N-dealkylation sites (N-methyl/N-ethyl adjacent to an activating group) is 1. The second kappa shape index (κ2) is 8.17. The van der Waals surface area contributed by atoms with Gasteiger partial charge in [-0.2, -0.15) is 26.3 Å². The lowest BCUT2D eigenvalue weighted by Crippen LogP contribution is -2.44. The predicted octanol–water partition coefficient (Wildman–Crippen LogP) is 4.73. The van der Waals surface area contributed by atoms with Crippen molar-refractivity contribution in [3.8, 4) is 0 Å². The minimum absolute atomic E-state index is 0.00500. The third-order valence-electron chi connectivity index (χ3n) is 4.85. The van der Waals surface area contributed by atoms with E-state index in [4.69, 9.17) is 0 Å². The molecule has 162 valence electrons. The lowest BCUT2D eigenvalue weighted by molar-refractivity contribution is -0.143. The molecule has 2 aromatic rings. The summed E-state index contributed by atoms with van der Waals surface area (Å²) >= 11 is 0. The van der Waals surface area contributed by atoms with Gasteiger partial charge in [-0.25, -0.2) is 0 Å². The number of anilines is 2. The minimum atomic E-state index is -5.02. The van der Waals surface area contributed by atoms with Crippen molar-refractivity contribution in [2.45, 2.75) is 12.4 Å². The van der Waals surface area contributed by atoms with Crippen molar-refractivity contribution in [2.75, 3.05) is 43.4 Å². The lowest BCUT2D eigenvalue weighted by Gasteiger charge is -2.35. The molecular weight excluding hydrogens is 412 g/mol. The van der Waals surface area contributed by atoms with Crippen molar-refractivity contribution < 1.29 is 31.1 Å². The Morgan fingerprint density at radius 1 is 0.867 bits per heavy atom. The van der Waals surface area contributed by atoms with Crippen LogP contribution in [-0.4, -0.2) is 44.0 Å². The average Bonchev–Trinajstić information content (AvgIpc) is 2.67. The molecule has 1 N–H and O–H groups in total. The van der Waals surface area contributed by atoms with Gasteiger partial charge in [0, 0.05) is 31.7 Å². The number of carbonyl (C=O) groups is 1. The van der Waals surface area contributed by atoms with Gasteiger partial charge in [0.25, 0.3) is 5.91 Å². The number of hydrogen-bond acceptors (Lipinski definition) is 3. The average molecular weight is 431 g/mol. The number of rotatable bonds is 3. The van der Waals surface area contributed by atoms with Gasteiger partial charge in [-0.05, 0) is 37.4 Å². The second-order valence-electron chi connectivity index (χ2n) is 7.06. The van der Waals surface area contributed by atoms with Crippen LogP contribution in [0.2, 0.25) is 0 Å². The Morgan fingerprint density at radius 2 is 1.40 bits per heavy atom. The summed E-state index contributed by atoms with van der Waals surface area (Å²) in [6.45, 7) is 2.91. The Bertz CT molecular complexity index is 885. The van der Waals surface area contributed by atoms with Crippen LogP contribution in [0.15, 0.2) is 42.5 Å². The molecule has 0 atom stereocenters. The van der Waals surface area contributed by atoms with Crippen LogP contribution in [-0.2, 0) is 12.4 Å². The topological polar surface area (TPSA) is 35.6 Å². The number of halogens is 6. The summed E-state index contributed by atoms with van der Waals surface area (Å²) in [5.41, 5.74) is -2.81. The first-order valence-corrected chi connectivity index (χ1v) is 9.08. The Morgan fingerprint density at radius 3 is 1.93 bits per heavy atom. The zero-order valence-corrected chi connectivity index (χ0v) is 15.9. The van der Waals surface area contributed by atoms with E-state index in [1.807, 2.05) is 11.9 Å². The second-order valence-corrected chi connectivity index (χ2v) is 7.06. The van der Waals surface area contributed by atoms with Crippen molar-refractivity contribution in [1.82, 2.24) is 4.90 Å². The largest absolute Gasteiger partial charge is 0.416 e. The van der Waals surface area contributed by atoms with E-state index in [0.717, 1.165) is 13.1 Å². The summed E-state index contributed by atoms with van der Waals surface area (Å²) in [4.78, 5) is 16.7. The van der Waals surface area contributed by atoms with Gasteiger partial charge < -0.3 is 15.1 Å². The summed E-state index contributed by atoms with van der Waals surface area (Å²) in [7, 11) is 1.97. The quantitative estimate of drug-likeness (QED) is 0.714. The first-order chi connectivity index (χ1) is 13.9. The molecule has 4 nitrogen and oxygen atoms in total. The van der Waals surface area contributed by atoms with E-state index in [9.17, 15) is 31.1 Å². The van der Waals surface area contributed by atoms with E-state index < -0.39 is 35.0 Å². The molecular formula is C20H19F6N3O. The number of piperazine rings is 1. The van der Waals surface area contributed by atoms with E-state index in [2.05, 4.69) is 10.2 Å². The van der Waals surface area contributed by atoms with Crippen LogP contribution in [0.1, 0.15) is 21.5 Å². The molecule has 1 heterocycles. The molecule has 1 amide bonds. The zero-order valence-electron chi connectivity index (χ0n) is 15.9. The highest BCUT2D eigenvalue weighted by molar-refractivity contribution is 6.06. The third kappa shape index (κ3) is 5.05. The number of para-hydroxylation sites is 2. The standard InChI is InChI=1S/C20H19F6N3O/c1-28-6-8-29(9-7-28)17-5-3-2-4-16(17)27-18(30)13-10-14(19(21,22)23)12-15(11-13)20(24,25)26/h2-5,10-12H,6-9H2,1H3,(H,27,30). The summed E-state index contributed by atoms with van der Waals surface area (Å²) in [6.07, 6.45) is -10.0. The first-order valence-electron chi connectivity index (χ1n) is 9.08. The molecule has 30 heavy (non-hydrogen) atoms. The van der Waals surface area contributed by atoms with Gasteiger partial charge >= 0.3 is 12.4 Å². The Hall–Kier alpha value is -2.75. The molecule has 0 bridgehead atoms. The fraction of sp³-hybridized carbons (Fsp3) is 0.350. The monoisotopic (exact) mass is 431 g/mol. The van der Waals surface area contributed by atoms with Crippen LogP contribution in [0.5, 0.6) is 0 Å². The van der Waals surface area contributed by atoms with Gasteiger partial charge in [-0.1, -0.05) is 12.1 Å². The molecule has 0 aromatic heterocycles. The Kier molecular flexibility index (Phi) is 5.98. The molecule has 2 aromatic carbocycles. The number of nitrogens with zero attached hydrogens (tertiary/aromatic N) is 2. The van der Waals surface area contributed by atoms with Crippen LogP contribution < -0.4 is 10.2 Å². The maximum atomic E-state index is 13.1. The van der Waals surface area contributed by atoms with Gasteiger partial charge in [0.1, 0.15) is 0 Å². The number of carbonyl (C=O) groups excluding carboxylic acids is 1. The molecule has 0 radical (unpaired) electrons. The van der Waals surface area contributed by atoms with Crippen molar-refractivity contribution in [2.24, 2.45) is 0 Å². The number of benzene rings is 2. The Balaban J connectivity index is 1.92. The van der Waals surface area contributed by atoms with Gasteiger partial charge in [-0.3, -0.25) is 4.79 Å². The van der Waals surface area contributed by atoms with E-state index in [1.165, 1.54) is 0 Å². The zero-order chi connectivity index (χ0) is 22.1. The van der Waals surface area contributed by atoms with Crippen molar-refractivity contribution in [3.63, 3.8) is 0 Å². The normalized spacial score (nSPS) is 15.9. The van der Waals surface area contributed by atoms with Crippen LogP contribution in [0, 0.1) is 0 Å². The number of hydrogen-bond donors (Lipinski definition) is 1. The summed E-state index contributed by atoms with van der Waals surface area (Å²) < 4.78 is 78.3. The van der Waals surface area contributed by atoms with E-state index in [-0.39, 0.29) is 6.07 Å². The van der Waals surface area contributed by atoms with Crippen molar-refractivity contribution in [3.05, 3.63) is 59.2 Å². The molecule has 0 saturated carbocycles. The molecule has 10 heteroatoms. The van der Waals surface area contributed by atoms with E-state index >= 15 is 0 Å². The van der Waals surface area contributed by atoms with Crippen LogP contribution in [0.3, 0.4) is 0 Å².